The Balaban J connectivity index is 1.69. The highest BCUT2D eigenvalue weighted by molar-refractivity contribution is 7.99. The predicted octanol–water partition coefficient (Wildman–Crippen LogP) is 4.57. The third-order valence-corrected chi connectivity index (χ3v) is 5.53. The zero-order chi connectivity index (χ0) is 21.0. The van der Waals surface area contributed by atoms with Crippen molar-refractivity contribution in [3.8, 4) is 11.4 Å². The quantitative estimate of drug-likeness (QED) is 0.334. The average molecular weight is 432 g/mol. The van der Waals surface area contributed by atoms with Crippen molar-refractivity contribution in [2.24, 2.45) is 0 Å². The summed E-state index contributed by atoms with van der Waals surface area (Å²) in [5.74, 6) is 0.567. The molecular weight excluding hydrogens is 414 g/mol. The minimum absolute atomic E-state index is 0.0128. The van der Waals surface area contributed by atoms with E-state index in [0.717, 1.165) is 11.1 Å². The van der Waals surface area contributed by atoms with Crippen LogP contribution in [0.25, 0.3) is 11.4 Å². The summed E-state index contributed by atoms with van der Waals surface area (Å²) >= 11 is 7.35. The van der Waals surface area contributed by atoms with Crippen LogP contribution < -0.4 is 5.32 Å². The molecule has 0 unspecified atom stereocenters. The predicted molar refractivity (Wildman–Crippen MR) is 113 cm³/mol. The maximum absolute atomic E-state index is 12.3. The first-order chi connectivity index (χ1) is 13.9. The first kappa shape index (κ1) is 20.8. The van der Waals surface area contributed by atoms with E-state index in [9.17, 15) is 14.9 Å². The third-order valence-electron chi connectivity index (χ3n) is 4.16. The molecule has 3 aromatic rings. The minimum Gasteiger partial charge on any atom is -0.325 e. The van der Waals surface area contributed by atoms with Crippen LogP contribution in [-0.2, 0) is 11.3 Å². The number of nitrogens with one attached hydrogen (secondary N) is 1. The molecule has 10 heteroatoms. The van der Waals surface area contributed by atoms with Gasteiger partial charge < -0.3 is 9.88 Å². The molecule has 1 aromatic heterocycles. The summed E-state index contributed by atoms with van der Waals surface area (Å²) in [6.45, 7) is 4.43. The minimum atomic E-state index is -0.449. The van der Waals surface area contributed by atoms with Gasteiger partial charge in [0, 0.05) is 35.0 Å². The van der Waals surface area contributed by atoms with Crippen LogP contribution in [0.3, 0.4) is 0 Å². The van der Waals surface area contributed by atoms with Crippen LogP contribution in [0.2, 0.25) is 5.02 Å². The van der Waals surface area contributed by atoms with Crippen LogP contribution in [0.15, 0.2) is 47.6 Å². The van der Waals surface area contributed by atoms with Gasteiger partial charge in [0.2, 0.25) is 5.91 Å². The molecule has 0 spiro atoms. The van der Waals surface area contributed by atoms with Gasteiger partial charge in [-0.3, -0.25) is 14.9 Å². The largest absolute Gasteiger partial charge is 0.325 e. The van der Waals surface area contributed by atoms with Crippen molar-refractivity contribution in [1.82, 2.24) is 14.8 Å². The monoisotopic (exact) mass is 431 g/mol. The molecule has 0 saturated heterocycles. The molecule has 0 saturated carbocycles. The molecule has 3 rings (SSSR count). The number of nitro benzene ring substituents is 1. The van der Waals surface area contributed by atoms with E-state index >= 15 is 0 Å². The number of carbonyl (C=O) groups excluding carboxylic acids is 1. The van der Waals surface area contributed by atoms with Crippen molar-refractivity contribution >= 4 is 40.6 Å². The van der Waals surface area contributed by atoms with Gasteiger partial charge in [0.15, 0.2) is 11.0 Å². The van der Waals surface area contributed by atoms with Crippen LogP contribution in [0, 0.1) is 17.0 Å². The number of thioether (sulfide) groups is 1. The molecule has 0 aliphatic heterocycles. The Labute approximate surface area is 176 Å². The molecule has 0 aliphatic rings. The molecule has 0 bridgehead atoms. The second kappa shape index (κ2) is 9.06. The number of amides is 1. The van der Waals surface area contributed by atoms with Crippen molar-refractivity contribution in [1.29, 1.82) is 0 Å². The van der Waals surface area contributed by atoms with Gasteiger partial charge in [0.25, 0.3) is 5.69 Å². The van der Waals surface area contributed by atoms with Gasteiger partial charge in [0.1, 0.15) is 0 Å². The standard InChI is InChI=1S/C19H18ClN5O3S/c1-3-24-18(13-5-8-15(9-6-13)25(27)28)22-23-19(24)29-11-17(26)21-14-7-4-12(2)16(20)10-14/h4-10H,3,11H2,1-2H3,(H,21,26). The van der Waals surface area contributed by atoms with Crippen molar-refractivity contribution in [3.05, 3.63) is 63.2 Å². The van der Waals surface area contributed by atoms with E-state index in [1.165, 1.54) is 23.9 Å². The number of non-ortho nitro benzene ring substituents is 1. The smallest absolute Gasteiger partial charge is 0.269 e. The number of nitrogens with zero attached hydrogens (tertiary/aromatic N) is 4. The molecular formula is C19H18ClN5O3S. The van der Waals surface area contributed by atoms with Gasteiger partial charge in [-0.25, -0.2) is 0 Å². The second-order valence-electron chi connectivity index (χ2n) is 6.16. The second-order valence-corrected chi connectivity index (χ2v) is 7.50. The van der Waals surface area contributed by atoms with Gasteiger partial charge in [-0.05, 0) is 43.7 Å². The van der Waals surface area contributed by atoms with E-state index in [2.05, 4.69) is 15.5 Å². The van der Waals surface area contributed by atoms with Crippen LogP contribution in [0.5, 0.6) is 0 Å². The van der Waals surface area contributed by atoms with E-state index < -0.39 is 4.92 Å². The Hall–Kier alpha value is -2.91. The Morgan fingerprint density at radius 1 is 1.24 bits per heavy atom. The Bertz CT molecular complexity index is 1050. The molecule has 1 heterocycles. The maximum atomic E-state index is 12.3. The summed E-state index contributed by atoms with van der Waals surface area (Å²) in [5.41, 5.74) is 2.30. The molecule has 1 amide bonds. The number of hydrogen-bond acceptors (Lipinski definition) is 6. The third kappa shape index (κ3) is 4.93. The van der Waals surface area contributed by atoms with Gasteiger partial charge in [-0.1, -0.05) is 29.4 Å². The molecule has 8 nitrogen and oxygen atoms in total. The number of carbonyl (C=O) groups is 1. The van der Waals surface area contributed by atoms with E-state index in [0.29, 0.717) is 28.2 Å². The summed E-state index contributed by atoms with van der Waals surface area (Å²) in [5, 5.41) is 23.2. The summed E-state index contributed by atoms with van der Waals surface area (Å²) in [6, 6.07) is 11.5. The molecule has 0 aliphatic carbocycles. The summed E-state index contributed by atoms with van der Waals surface area (Å²) in [4.78, 5) is 22.6. The van der Waals surface area contributed by atoms with Crippen molar-refractivity contribution < 1.29 is 9.72 Å². The lowest BCUT2D eigenvalue weighted by molar-refractivity contribution is -0.384. The SMILES string of the molecule is CCn1c(SCC(=O)Nc2ccc(C)c(Cl)c2)nnc1-c1ccc([N+](=O)[O-])cc1. The van der Waals surface area contributed by atoms with Gasteiger partial charge >= 0.3 is 0 Å². The first-order valence-corrected chi connectivity index (χ1v) is 10.1. The molecule has 0 atom stereocenters. The summed E-state index contributed by atoms with van der Waals surface area (Å²) in [6.07, 6.45) is 0. The van der Waals surface area contributed by atoms with Crippen LogP contribution >= 0.6 is 23.4 Å². The van der Waals surface area contributed by atoms with Gasteiger partial charge in [-0.15, -0.1) is 10.2 Å². The van der Waals surface area contributed by atoms with Crippen LogP contribution in [0.1, 0.15) is 12.5 Å². The van der Waals surface area contributed by atoms with E-state index in [1.54, 1.807) is 24.3 Å². The van der Waals surface area contributed by atoms with Crippen molar-refractivity contribution in [2.45, 2.75) is 25.5 Å². The number of nitro groups is 1. The fraction of sp³-hybridized carbons (Fsp3) is 0.211. The highest BCUT2D eigenvalue weighted by atomic mass is 35.5. The lowest BCUT2D eigenvalue weighted by Crippen LogP contribution is -2.14. The summed E-state index contributed by atoms with van der Waals surface area (Å²) in [7, 11) is 0. The van der Waals surface area contributed by atoms with E-state index in [1.807, 2.05) is 24.5 Å². The highest BCUT2D eigenvalue weighted by Gasteiger charge is 2.16. The Kier molecular flexibility index (Phi) is 6.50. The fourth-order valence-corrected chi connectivity index (χ4v) is 3.61. The number of rotatable bonds is 7. The molecule has 29 heavy (non-hydrogen) atoms. The van der Waals surface area contributed by atoms with Crippen LogP contribution in [-0.4, -0.2) is 31.3 Å². The lowest BCUT2D eigenvalue weighted by atomic mass is 10.2. The average Bonchev–Trinajstić information content (AvgIpc) is 3.12. The normalized spacial score (nSPS) is 10.7. The van der Waals surface area contributed by atoms with E-state index in [4.69, 9.17) is 11.6 Å². The highest BCUT2D eigenvalue weighted by Crippen LogP contribution is 2.26. The molecule has 0 fully saturated rings. The zero-order valence-electron chi connectivity index (χ0n) is 15.8. The number of aromatic nitrogens is 3. The van der Waals surface area contributed by atoms with Crippen molar-refractivity contribution in [3.63, 3.8) is 0 Å². The van der Waals surface area contributed by atoms with Crippen molar-refractivity contribution in [2.75, 3.05) is 11.1 Å². The Morgan fingerprint density at radius 3 is 2.59 bits per heavy atom. The number of aryl methyl sites for hydroxylation is 1. The topological polar surface area (TPSA) is 103 Å². The number of halogens is 1. The number of benzene rings is 2. The molecule has 2 aromatic carbocycles. The van der Waals surface area contributed by atoms with Gasteiger partial charge in [0.05, 0.1) is 10.7 Å². The van der Waals surface area contributed by atoms with E-state index in [-0.39, 0.29) is 17.3 Å². The molecule has 150 valence electrons. The number of anilines is 1. The van der Waals surface area contributed by atoms with Gasteiger partial charge in [-0.2, -0.15) is 0 Å². The first-order valence-electron chi connectivity index (χ1n) is 8.76. The zero-order valence-corrected chi connectivity index (χ0v) is 17.3. The summed E-state index contributed by atoms with van der Waals surface area (Å²) < 4.78 is 1.86. The number of hydrogen-bond donors (Lipinski definition) is 1. The lowest BCUT2D eigenvalue weighted by Gasteiger charge is -2.08. The maximum Gasteiger partial charge on any atom is 0.269 e. The molecule has 1 N–H and O–H groups in total. The molecule has 0 radical (unpaired) electrons. The van der Waals surface area contributed by atoms with Crippen LogP contribution in [0.4, 0.5) is 11.4 Å². The fourth-order valence-electron chi connectivity index (χ4n) is 2.62. The Morgan fingerprint density at radius 2 is 1.97 bits per heavy atom.